The highest BCUT2D eigenvalue weighted by Crippen LogP contribution is 2.28. The topological polar surface area (TPSA) is 12.0 Å². The lowest BCUT2D eigenvalue weighted by molar-refractivity contribution is 0.387. The van der Waals surface area contributed by atoms with Crippen molar-refractivity contribution in [3.05, 3.63) is 0 Å². The molecule has 2 heteroatoms. The highest BCUT2D eigenvalue weighted by Gasteiger charge is 2.20. The summed E-state index contributed by atoms with van der Waals surface area (Å²) in [5, 5.41) is 4.52. The Labute approximate surface area is 87.1 Å². The standard InChI is InChI=1S/C11H23NS/c1-3-8-13-11-7-5-6-10(9-11)12-4-2/h10-12H,3-9H2,1-2H3. The van der Waals surface area contributed by atoms with E-state index in [1.165, 1.54) is 37.9 Å². The maximum Gasteiger partial charge on any atom is 0.00774 e. The van der Waals surface area contributed by atoms with Crippen molar-refractivity contribution in [2.45, 2.75) is 57.2 Å². The summed E-state index contributed by atoms with van der Waals surface area (Å²) >= 11 is 2.19. The van der Waals surface area contributed by atoms with Crippen molar-refractivity contribution in [2.24, 2.45) is 0 Å². The molecule has 1 rings (SSSR count). The van der Waals surface area contributed by atoms with E-state index >= 15 is 0 Å². The predicted octanol–water partition coefficient (Wildman–Crippen LogP) is 3.05. The Morgan fingerprint density at radius 1 is 1.31 bits per heavy atom. The largest absolute Gasteiger partial charge is 0.314 e. The van der Waals surface area contributed by atoms with E-state index in [2.05, 4.69) is 30.9 Å². The summed E-state index contributed by atoms with van der Waals surface area (Å²) in [7, 11) is 0. The first-order chi connectivity index (χ1) is 6.36. The zero-order chi connectivity index (χ0) is 9.52. The van der Waals surface area contributed by atoms with Crippen LogP contribution >= 0.6 is 11.8 Å². The molecule has 0 aromatic heterocycles. The highest BCUT2D eigenvalue weighted by molar-refractivity contribution is 7.99. The van der Waals surface area contributed by atoms with Crippen LogP contribution in [0.5, 0.6) is 0 Å². The van der Waals surface area contributed by atoms with Crippen LogP contribution in [-0.4, -0.2) is 23.6 Å². The van der Waals surface area contributed by atoms with E-state index in [0.717, 1.165) is 17.8 Å². The van der Waals surface area contributed by atoms with E-state index in [4.69, 9.17) is 0 Å². The van der Waals surface area contributed by atoms with Crippen LogP contribution in [0.2, 0.25) is 0 Å². The molecule has 0 saturated heterocycles. The molecule has 0 radical (unpaired) electrons. The normalized spacial score (nSPS) is 29.1. The maximum absolute atomic E-state index is 3.58. The molecule has 0 heterocycles. The first kappa shape index (κ1) is 11.4. The van der Waals surface area contributed by atoms with Gasteiger partial charge in [-0.1, -0.05) is 20.3 Å². The van der Waals surface area contributed by atoms with Gasteiger partial charge in [0.15, 0.2) is 0 Å². The molecule has 1 nitrogen and oxygen atoms in total. The summed E-state index contributed by atoms with van der Waals surface area (Å²) in [6.45, 7) is 5.62. The number of thioether (sulfide) groups is 1. The molecular weight excluding hydrogens is 178 g/mol. The van der Waals surface area contributed by atoms with Gasteiger partial charge in [0.1, 0.15) is 0 Å². The second-order valence-corrected chi connectivity index (χ2v) is 5.32. The van der Waals surface area contributed by atoms with Crippen molar-refractivity contribution in [3.63, 3.8) is 0 Å². The monoisotopic (exact) mass is 201 g/mol. The lowest BCUT2D eigenvalue weighted by atomic mass is 9.95. The summed E-state index contributed by atoms with van der Waals surface area (Å²) in [5.41, 5.74) is 0. The van der Waals surface area contributed by atoms with Crippen LogP contribution in [0.1, 0.15) is 46.0 Å². The van der Waals surface area contributed by atoms with Gasteiger partial charge in [-0.15, -0.1) is 0 Å². The average molecular weight is 201 g/mol. The Morgan fingerprint density at radius 3 is 2.85 bits per heavy atom. The molecule has 0 aromatic carbocycles. The second kappa shape index (κ2) is 6.72. The average Bonchev–Trinajstić information content (AvgIpc) is 2.16. The zero-order valence-corrected chi connectivity index (χ0v) is 9.83. The molecular formula is C11H23NS. The van der Waals surface area contributed by atoms with Gasteiger partial charge in [0, 0.05) is 11.3 Å². The summed E-state index contributed by atoms with van der Waals surface area (Å²) in [4.78, 5) is 0. The Morgan fingerprint density at radius 2 is 2.15 bits per heavy atom. The molecule has 13 heavy (non-hydrogen) atoms. The summed E-state index contributed by atoms with van der Waals surface area (Å²) < 4.78 is 0. The highest BCUT2D eigenvalue weighted by atomic mass is 32.2. The van der Waals surface area contributed by atoms with E-state index in [-0.39, 0.29) is 0 Å². The molecule has 0 spiro atoms. The lowest BCUT2D eigenvalue weighted by Gasteiger charge is -2.29. The van der Waals surface area contributed by atoms with Gasteiger partial charge in [0.05, 0.1) is 0 Å². The van der Waals surface area contributed by atoms with Crippen molar-refractivity contribution < 1.29 is 0 Å². The summed E-state index contributed by atoms with van der Waals surface area (Å²) in [6, 6.07) is 0.813. The summed E-state index contributed by atoms with van der Waals surface area (Å²) in [6.07, 6.45) is 7.01. The van der Waals surface area contributed by atoms with Gasteiger partial charge in [-0.2, -0.15) is 11.8 Å². The van der Waals surface area contributed by atoms with Crippen LogP contribution < -0.4 is 5.32 Å². The lowest BCUT2D eigenvalue weighted by Crippen LogP contribution is -2.34. The third-order valence-electron chi connectivity index (χ3n) is 2.68. The first-order valence-electron chi connectivity index (χ1n) is 5.71. The Kier molecular flexibility index (Phi) is 5.88. The third kappa shape index (κ3) is 4.37. The molecule has 1 aliphatic carbocycles. The van der Waals surface area contributed by atoms with Gasteiger partial charge in [-0.3, -0.25) is 0 Å². The fourth-order valence-electron chi connectivity index (χ4n) is 2.05. The summed E-state index contributed by atoms with van der Waals surface area (Å²) in [5.74, 6) is 1.35. The van der Waals surface area contributed by atoms with E-state index in [0.29, 0.717) is 0 Å². The van der Waals surface area contributed by atoms with Gasteiger partial charge in [0.2, 0.25) is 0 Å². The van der Waals surface area contributed by atoms with Crippen LogP contribution in [0.4, 0.5) is 0 Å². The zero-order valence-electron chi connectivity index (χ0n) is 9.01. The molecule has 1 aliphatic rings. The van der Waals surface area contributed by atoms with Gasteiger partial charge in [-0.25, -0.2) is 0 Å². The maximum atomic E-state index is 3.58. The number of hydrogen-bond donors (Lipinski definition) is 1. The molecule has 1 saturated carbocycles. The van der Waals surface area contributed by atoms with Crippen molar-refractivity contribution in [1.29, 1.82) is 0 Å². The quantitative estimate of drug-likeness (QED) is 0.734. The van der Waals surface area contributed by atoms with Crippen LogP contribution in [0.25, 0.3) is 0 Å². The van der Waals surface area contributed by atoms with Crippen molar-refractivity contribution in [2.75, 3.05) is 12.3 Å². The van der Waals surface area contributed by atoms with E-state index in [1.54, 1.807) is 0 Å². The van der Waals surface area contributed by atoms with Crippen LogP contribution in [-0.2, 0) is 0 Å². The smallest absolute Gasteiger partial charge is 0.00774 e. The van der Waals surface area contributed by atoms with Gasteiger partial charge >= 0.3 is 0 Å². The minimum atomic E-state index is 0.813. The number of hydrogen-bond acceptors (Lipinski definition) is 2. The first-order valence-corrected chi connectivity index (χ1v) is 6.76. The predicted molar refractivity (Wildman–Crippen MR) is 62.5 cm³/mol. The molecule has 0 aromatic rings. The second-order valence-electron chi connectivity index (χ2n) is 3.91. The van der Waals surface area contributed by atoms with Crippen molar-refractivity contribution in [3.8, 4) is 0 Å². The van der Waals surface area contributed by atoms with E-state index in [9.17, 15) is 0 Å². The van der Waals surface area contributed by atoms with E-state index in [1.807, 2.05) is 0 Å². The van der Waals surface area contributed by atoms with Crippen LogP contribution in [0, 0.1) is 0 Å². The molecule has 0 aliphatic heterocycles. The Balaban J connectivity index is 2.16. The van der Waals surface area contributed by atoms with Crippen LogP contribution in [0.3, 0.4) is 0 Å². The third-order valence-corrected chi connectivity index (χ3v) is 4.22. The fraction of sp³-hybridized carbons (Fsp3) is 1.00. The molecule has 2 unspecified atom stereocenters. The SMILES string of the molecule is CCCSC1CCCC(NCC)C1. The minimum Gasteiger partial charge on any atom is -0.314 e. The van der Waals surface area contributed by atoms with Gasteiger partial charge < -0.3 is 5.32 Å². The molecule has 1 fully saturated rings. The number of nitrogens with one attached hydrogen (secondary N) is 1. The van der Waals surface area contributed by atoms with E-state index < -0.39 is 0 Å². The van der Waals surface area contributed by atoms with Crippen molar-refractivity contribution in [1.82, 2.24) is 5.32 Å². The van der Waals surface area contributed by atoms with Crippen molar-refractivity contribution >= 4 is 11.8 Å². The molecule has 2 atom stereocenters. The minimum absolute atomic E-state index is 0.813. The van der Waals surface area contributed by atoms with Crippen LogP contribution in [0.15, 0.2) is 0 Å². The Bertz CT molecular complexity index is 125. The fourth-order valence-corrected chi connectivity index (χ4v) is 3.33. The Hall–Kier alpha value is 0.310. The molecule has 1 N–H and O–H groups in total. The number of rotatable bonds is 5. The molecule has 0 amide bonds. The van der Waals surface area contributed by atoms with Gasteiger partial charge in [-0.05, 0) is 38.0 Å². The molecule has 78 valence electrons. The molecule has 0 bridgehead atoms. The van der Waals surface area contributed by atoms with Gasteiger partial charge in [0.25, 0.3) is 0 Å².